The third-order valence-corrected chi connectivity index (χ3v) is 6.44. The molecule has 2 fully saturated rings. The van der Waals surface area contributed by atoms with Gasteiger partial charge in [0.2, 0.25) is 10.0 Å². The Kier molecular flexibility index (Phi) is 6.16. The molecule has 5 nitrogen and oxygen atoms in total. The Labute approximate surface area is 149 Å². The lowest BCUT2D eigenvalue weighted by molar-refractivity contribution is 0.127. The van der Waals surface area contributed by atoms with Gasteiger partial charge in [0.1, 0.15) is 0 Å². The van der Waals surface area contributed by atoms with Crippen LogP contribution in [0.1, 0.15) is 31.2 Å². The van der Waals surface area contributed by atoms with Crippen LogP contribution in [0.15, 0.2) is 24.3 Å². The molecule has 2 heterocycles. The van der Waals surface area contributed by atoms with Crippen LogP contribution >= 0.6 is 11.6 Å². The number of hydrogen-bond donors (Lipinski definition) is 1. The van der Waals surface area contributed by atoms with Crippen LogP contribution in [-0.2, 0) is 21.3 Å². The van der Waals surface area contributed by atoms with Crippen LogP contribution in [0.5, 0.6) is 0 Å². The van der Waals surface area contributed by atoms with Gasteiger partial charge in [-0.3, -0.25) is 4.90 Å². The highest BCUT2D eigenvalue weighted by atomic mass is 35.5. The summed E-state index contributed by atoms with van der Waals surface area (Å²) in [6, 6.07) is 7.93. The molecule has 2 saturated heterocycles. The van der Waals surface area contributed by atoms with E-state index in [4.69, 9.17) is 16.3 Å². The van der Waals surface area contributed by atoms with Crippen LogP contribution in [0.3, 0.4) is 0 Å². The maximum atomic E-state index is 12.2. The van der Waals surface area contributed by atoms with Crippen molar-refractivity contribution in [2.24, 2.45) is 0 Å². The number of nitrogens with zero attached hydrogens (tertiary/aromatic N) is 1. The van der Waals surface area contributed by atoms with Crippen LogP contribution in [0, 0.1) is 0 Å². The van der Waals surface area contributed by atoms with E-state index in [2.05, 4.69) is 9.62 Å². The molecule has 0 radical (unpaired) electrons. The van der Waals surface area contributed by atoms with E-state index < -0.39 is 10.0 Å². The lowest BCUT2D eigenvalue weighted by atomic mass is 10.1. The largest absolute Gasteiger partial charge is 0.377 e. The van der Waals surface area contributed by atoms with E-state index >= 15 is 0 Å². The first-order valence-electron chi connectivity index (χ1n) is 8.58. The SMILES string of the molecule is O=S(=O)(CC1CCCO1)NC1CCN(Cc2ccc(Cl)cc2)CC1. The van der Waals surface area contributed by atoms with E-state index in [0.717, 1.165) is 50.3 Å². The van der Waals surface area contributed by atoms with E-state index in [9.17, 15) is 8.42 Å². The zero-order chi connectivity index (χ0) is 17.0. The minimum atomic E-state index is -3.25. The van der Waals surface area contributed by atoms with E-state index in [1.54, 1.807) is 0 Å². The first-order chi connectivity index (χ1) is 11.5. The van der Waals surface area contributed by atoms with Crippen LogP contribution < -0.4 is 4.72 Å². The second-order valence-corrected chi connectivity index (χ2v) is 8.95. The van der Waals surface area contributed by atoms with Crippen molar-refractivity contribution in [1.29, 1.82) is 0 Å². The summed E-state index contributed by atoms with van der Waals surface area (Å²) in [5, 5.41) is 0.748. The standard InChI is InChI=1S/C17H25ClN2O3S/c18-15-5-3-14(4-6-15)12-20-9-7-16(8-10-20)19-24(21,22)13-17-2-1-11-23-17/h3-6,16-17,19H,1-2,7-13H2. The van der Waals surface area contributed by atoms with Crippen molar-refractivity contribution in [2.45, 2.75) is 44.4 Å². The molecular weight excluding hydrogens is 348 g/mol. The molecule has 0 spiro atoms. The van der Waals surface area contributed by atoms with Gasteiger partial charge in [-0.25, -0.2) is 13.1 Å². The van der Waals surface area contributed by atoms with Gasteiger partial charge in [-0.2, -0.15) is 0 Å². The molecule has 0 amide bonds. The van der Waals surface area contributed by atoms with Crippen molar-refractivity contribution < 1.29 is 13.2 Å². The quantitative estimate of drug-likeness (QED) is 0.833. The monoisotopic (exact) mass is 372 g/mol. The van der Waals surface area contributed by atoms with Gasteiger partial charge in [0.25, 0.3) is 0 Å². The number of nitrogens with one attached hydrogen (secondary N) is 1. The Bertz CT molecular complexity index is 622. The maximum absolute atomic E-state index is 12.2. The first-order valence-corrected chi connectivity index (χ1v) is 10.6. The Morgan fingerprint density at radius 2 is 1.88 bits per heavy atom. The molecule has 2 aliphatic heterocycles. The van der Waals surface area contributed by atoms with Gasteiger partial charge in [-0.05, 0) is 43.4 Å². The van der Waals surface area contributed by atoms with Crippen molar-refractivity contribution in [3.8, 4) is 0 Å². The minimum Gasteiger partial charge on any atom is -0.377 e. The second kappa shape index (κ2) is 8.15. The summed E-state index contributed by atoms with van der Waals surface area (Å²) < 4.78 is 32.8. The van der Waals surface area contributed by atoms with Gasteiger partial charge in [-0.1, -0.05) is 23.7 Å². The highest BCUT2D eigenvalue weighted by molar-refractivity contribution is 7.89. The van der Waals surface area contributed by atoms with E-state index in [1.165, 1.54) is 5.56 Å². The van der Waals surface area contributed by atoms with Gasteiger partial charge < -0.3 is 4.74 Å². The molecule has 0 bridgehead atoms. The van der Waals surface area contributed by atoms with Crippen LogP contribution in [0.25, 0.3) is 0 Å². The molecule has 3 rings (SSSR count). The van der Waals surface area contributed by atoms with Gasteiger partial charge >= 0.3 is 0 Å². The summed E-state index contributed by atoms with van der Waals surface area (Å²) in [6.45, 7) is 3.36. The van der Waals surface area contributed by atoms with Crippen molar-refractivity contribution >= 4 is 21.6 Å². The number of ether oxygens (including phenoxy) is 1. The average Bonchev–Trinajstić information content (AvgIpc) is 3.03. The highest BCUT2D eigenvalue weighted by Crippen LogP contribution is 2.18. The van der Waals surface area contributed by atoms with Gasteiger partial charge in [0.05, 0.1) is 11.9 Å². The van der Waals surface area contributed by atoms with Crippen LogP contribution in [0.4, 0.5) is 0 Å². The van der Waals surface area contributed by atoms with Gasteiger partial charge in [0, 0.05) is 37.3 Å². The number of halogens is 1. The summed E-state index contributed by atoms with van der Waals surface area (Å²) >= 11 is 5.91. The minimum absolute atomic E-state index is 0.0397. The van der Waals surface area contributed by atoms with Crippen molar-refractivity contribution in [3.05, 3.63) is 34.9 Å². The fourth-order valence-electron chi connectivity index (χ4n) is 3.38. The maximum Gasteiger partial charge on any atom is 0.214 e. The van der Waals surface area contributed by atoms with E-state index in [-0.39, 0.29) is 17.9 Å². The lowest BCUT2D eigenvalue weighted by Gasteiger charge is -2.32. The van der Waals surface area contributed by atoms with Gasteiger partial charge in [0.15, 0.2) is 0 Å². The molecule has 7 heteroatoms. The molecule has 0 saturated carbocycles. The fourth-order valence-corrected chi connectivity index (χ4v) is 5.10. The number of benzene rings is 1. The molecule has 1 atom stereocenters. The Balaban J connectivity index is 1.43. The molecule has 1 aromatic rings. The zero-order valence-electron chi connectivity index (χ0n) is 13.8. The van der Waals surface area contributed by atoms with E-state index in [1.807, 2.05) is 24.3 Å². The van der Waals surface area contributed by atoms with Crippen LogP contribution in [-0.4, -0.2) is 50.9 Å². The molecule has 0 aromatic heterocycles. The number of sulfonamides is 1. The summed E-state index contributed by atoms with van der Waals surface area (Å²) in [5.41, 5.74) is 1.23. The predicted molar refractivity (Wildman–Crippen MR) is 95.6 cm³/mol. The zero-order valence-corrected chi connectivity index (χ0v) is 15.4. The number of hydrogen-bond acceptors (Lipinski definition) is 4. The lowest BCUT2D eigenvalue weighted by Crippen LogP contribution is -2.46. The number of piperidine rings is 1. The topological polar surface area (TPSA) is 58.6 Å². The van der Waals surface area contributed by atoms with Crippen molar-refractivity contribution in [2.75, 3.05) is 25.4 Å². The molecule has 2 aliphatic rings. The first kappa shape index (κ1) is 18.1. The number of likely N-dealkylation sites (tertiary alicyclic amines) is 1. The predicted octanol–water partition coefficient (Wildman–Crippen LogP) is 2.40. The molecular formula is C17H25ClN2O3S. The third-order valence-electron chi connectivity index (χ3n) is 4.68. The average molecular weight is 373 g/mol. The summed E-state index contributed by atoms with van der Waals surface area (Å²) in [7, 11) is -3.25. The molecule has 134 valence electrons. The second-order valence-electron chi connectivity index (χ2n) is 6.71. The summed E-state index contributed by atoms with van der Waals surface area (Å²) in [5.74, 6) is 0.0952. The molecule has 1 unspecified atom stereocenters. The van der Waals surface area contributed by atoms with Crippen molar-refractivity contribution in [1.82, 2.24) is 9.62 Å². The van der Waals surface area contributed by atoms with Crippen molar-refractivity contribution in [3.63, 3.8) is 0 Å². The third kappa shape index (κ3) is 5.43. The number of rotatable bonds is 6. The summed E-state index contributed by atoms with van der Waals surface area (Å²) in [4.78, 5) is 2.36. The highest BCUT2D eigenvalue weighted by Gasteiger charge is 2.27. The Hall–Kier alpha value is -0.660. The normalized spacial score (nSPS) is 23.6. The molecule has 1 N–H and O–H groups in total. The fraction of sp³-hybridized carbons (Fsp3) is 0.647. The van der Waals surface area contributed by atoms with Crippen LogP contribution in [0.2, 0.25) is 5.02 Å². The molecule has 24 heavy (non-hydrogen) atoms. The van der Waals surface area contributed by atoms with Gasteiger partial charge in [-0.15, -0.1) is 0 Å². The Morgan fingerprint density at radius 1 is 1.17 bits per heavy atom. The van der Waals surface area contributed by atoms with E-state index in [0.29, 0.717) is 6.61 Å². The summed E-state index contributed by atoms with van der Waals surface area (Å²) in [6.07, 6.45) is 3.37. The smallest absolute Gasteiger partial charge is 0.214 e. The Morgan fingerprint density at radius 3 is 2.50 bits per heavy atom. The molecule has 0 aliphatic carbocycles. The molecule has 1 aromatic carbocycles.